The molecule has 1 rings (SSSR count). The van der Waals surface area contributed by atoms with Gasteiger partial charge in [-0.1, -0.05) is 4.85 Å². The molecule has 0 fully saturated rings. The van der Waals surface area contributed by atoms with E-state index in [9.17, 15) is 0 Å². The molecule has 0 unspecified atom stereocenters. The Hall–Kier alpha value is -1.39. The summed E-state index contributed by atoms with van der Waals surface area (Å²) in [5.41, 5.74) is 11.4. The van der Waals surface area contributed by atoms with Crippen LogP contribution in [0.1, 0.15) is 13.8 Å². The van der Waals surface area contributed by atoms with Crippen molar-refractivity contribution >= 4 is 11.5 Å². The number of hydrogen-bond acceptors (Lipinski definition) is 4. The molecule has 0 saturated carbocycles. The number of aromatic nitrogens is 2. The summed E-state index contributed by atoms with van der Waals surface area (Å²) in [5.74, 6) is 0.346. The minimum atomic E-state index is 0.0385. The predicted molar refractivity (Wildman–Crippen MR) is 42.8 cm³/mol. The van der Waals surface area contributed by atoms with Crippen molar-refractivity contribution in [2.24, 2.45) is 0 Å². The second-order valence-electron chi connectivity index (χ2n) is 2.51. The van der Waals surface area contributed by atoms with Gasteiger partial charge in [0.15, 0.2) is 5.82 Å². The van der Waals surface area contributed by atoms with E-state index in [4.69, 9.17) is 16.3 Å². The van der Waals surface area contributed by atoms with Crippen molar-refractivity contribution in [1.29, 1.82) is 0 Å². The van der Waals surface area contributed by atoms with Gasteiger partial charge in [0.25, 0.3) is 0 Å². The average molecular weight is 156 g/mol. The molecule has 0 radical (unpaired) electrons. The Labute approximate surface area is 64.9 Å². The average Bonchev–Trinajstić information content (AvgIpc) is 2.18. The van der Waals surface area contributed by atoms with Crippen LogP contribution in [0.3, 0.4) is 0 Å². The smallest absolute Gasteiger partial charge is 0.186 e. The van der Waals surface area contributed by atoms with E-state index in [1.165, 1.54) is 11.0 Å². The number of nitrogens with zero attached hydrogens (tertiary/aromatic N) is 2. The minimum Gasteiger partial charge on any atom is -0.394 e. The highest BCUT2D eigenvalue weighted by Crippen LogP contribution is 2.10. The summed E-state index contributed by atoms with van der Waals surface area (Å²) in [6.07, 6.45) is 1.49. The third-order valence-corrected chi connectivity index (χ3v) is 1.11. The van der Waals surface area contributed by atoms with Crippen LogP contribution in [0, 0.1) is 0 Å². The van der Waals surface area contributed by atoms with Crippen molar-refractivity contribution in [2.45, 2.75) is 20.0 Å². The van der Waals surface area contributed by atoms with Gasteiger partial charge in [0.2, 0.25) is 0 Å². The Bertz CT molecular complexity index is 243. The fourth-order valence-corrected chi connectivity index (χ4v) is 0.637. The SMILES string of the molecule is CC(C)On1ncc(N)c1N. The molecule has 0 atom stereocenters. The van der Waals surface area contributed by atoms with Gasteiger partial charge >= 0.3 is 0 Å². The zero-order valence-electron chi connectivity index (χ0n) is 6.61. The molecule has 62 valence electrons. The molecule has 1 heterocycles. The van der Waals surface area contributed by atoms with E-state index in [0.29, 0.717) is 11.5 Å². The van der Waals surface area contributed by atoms with Crippen LogP contribution in [-0.4, -0.2) is 16.0 Å². The Morgan fingerprint density at radius 1 is 1.55 bits per heavy atom. The number of rotatable bonds is 2. The number of hydrogen-bond donors (Lipinski definition) is 2. The zero-order chi connectivity index (χ0) is 8.43. The number of nitrogen functional groups attached to an aromatic ring is 2. The molecule has 5 heteroatoms. The summed E-state index contributed by atoms with van der Waals surface area (Å²) in [6, 6.07) is 0. The lowest BCUT2D eigenvalue weighted by atomic mass is 10.5. The predicted octanol–water partition coefficient (Wildman–Crippen LogP) is -0.116. The normalized spacial score (nSPS) is 10.5. The van der Waals surface area contributed by atoms with Crippen molar-refractivity contribution in [3.63, 3.8) is 0 Å². The quantitative estimate of drug-likeness (QED) is 0.626. The van der Waals surface area contributed by atoms with Gasteiger partial charge in [-0.3, -0.25) is 0 Å². The van der Waals surface area contributed by atoms with Crippen LogP contribution >= 0.6 is 0 Å². The van der Waals surface area contributed by atoms with Crippen molar-refractivity contribution in [3.05, 3.63) is 6.20 Å². The molecule has 0 bridgehead atoms. The fraction of sp³-hybridized carbons (Fsp3) is 0.500. The van der Waals surface area contributed by atoms with Crippen LogP contribution < -0.4 is 16.3 Å². The highest BCUT2D eigenvalue weighted by atomic mass is 16.7. The summed E-state index contributed by atoms with van der Waals surface area (Å²) in [7, 11) is 0. The molecule has 0 spiro atoms. The van der Waals surface area contributed by atoms with Gasteiger partial charge in [0, 0.05) is 0 Å². The van der Waals surface area contributed by atoms with Gasteiger partial charge in [0.1, 0.15) is 6.10 Å². The van der Waals surface area contributed by atoms with Gasteiger partial charge in [0.05, 0.1) is 11.9 Å². The van der Waals surface area contributed by atoms with Crippen LogP contribution in [0.25, 0.3) is 0 Å². The lowest BCUT2D eigenvalue weighted by molar-refractivity contribution is 0.0404. The molecule has 1 aromatic rings. The Balaban J connectivity index is 2.79. The minimum absolute atomic E-state index is 0.0385. The van der Waals surface area contributed by atoms with E-state index in [0.717, 1.165) is 0 Å². The summed E-state index contributed by atoms with van der Waals surface area (Å²) in [6.45, 7) is 3.77. The number of nitrogens with two attached hydrogens (primary N) is 2. The van der Waals surface area contributed by atoms with Crippen LogP contribution in [0.2, 0.25) is 0 Å². The lowest BCUT2D eigenvalue weighted by Gasteiger charge is -2.08. The maximum Gasteiger partial charge on any atom is 0.186 e. The maximum absolute atomic E-state index is 5.50. The third-order valence-electron chi connectivity index (χ3n) is 1.11. The van der Waals surface area contributed by atoms with Gasteiger partial charge in [-0.15, -0.1) is 5.10 Å². The molecule has 0 amide bonds. The maximum atomic E-state index is 5.50. The highest BCUT2D eigenvalue weighted by molar-refractivity contribution is 5.56. The van der Waals surface area contributed by atoms with E-state index in [1.807, 2.05) is 13.8 Å². The molecule has 0 aliphatic rings. The van der Waals surface area contributed by atoms with Crippen LogP contribution in [0.5, 0.6) is 0 Å². The van der Waals surface area contributed by atoms with Crippen molar-refractivity contribution in [1.82, 2.24) is 9.94 Å². The van der Waals surface area contributed by atoms with Crippen LogP contribution in [-0.2, 0) is 0 Å². The molecule has 0 aliphatic heterocycles. The molecule has 0 aromatic carbocycles. The Morgan fingerprint density at radius 2 is 2.18 bits per heavy atom. The molecule has 1 aromatic heterocycles. The lowest BCUT2D eigenvalue weighted by Crippen LogP contribution is -2.21. The molecule has 11 heavy (non-hydrogen) atoms. The van der Waals surface area contributed by atoms with Crippen LogP contribution in [0.15, 0.2) is 6.20 Å². The molecular formula is C6H12N4O. The third kappa shape index (κ3) is 1.54. The molecule has 0 aliphatic carbocycles. The summed E-state index contributed by atoms with van der Waals surface area (Å²) >= 11 is 0. The number of anilines is 2. The summed E-state index contributed by atoms with van der Waals surface area (Å²) in [5, 5.41) is 3.80. The standard InChI is InChI=1S/C6H12N4O/c1-4(2)11-10-6(8)5(7)3-9-10/h3-4H,7-8H2,1-2H3. The monoisotopic (exact) mass is 156 g/mol. The Morgan fingerprint density at radius 3 is 2.55 bits per heavy atom. The van der Waals surface area contributed by atoms with Gasteiger partial charge in [-0.25, -0.2) is 0 Å². The molecule has 4 N–H and O–H groups in total. The first-order chi connectivity index (χ1) is 5.11. The van der Waals surface area contributed by atoms with E-state index in [1.54, 1.807) is 0 Å². The Kier molecular flexibility index (Phi) is 1.89. The van der Waals surface area contributed by atoms with E-state index < -0.39 is 0 Å². The first kappa shape index (κ1) is 7.71. The van der Waals surface area contributed by atoms with E-state index in [-0.39, 0.29) is 6.10 Å². The van der Waals surface area contributed by atoms with Gasteiger partial charge in [-0.05, 0) is 13.8 Å². The van der Waals surface area contributed by atoms with Crippen molar-refractivity contribution in [3.8, 4) is 0 Å². The summed E-state index contributed by atoms with van der Waals surface area (Å²) in [4.78, 5) is 6.39. The van der Waals surface area contributed by atoms with E-state index >= 15 is 0 Å². The van der Waals surface area contributed by atoms with Gasteiger partial charge < -0.3 is 16.3 Å². The van der Waals surface area contributed by atoms with Gasteiger partial charge in [-0.2, -0.15) is 0 Å². The second-order valence-corrected chi connectivity index (χ2v) is 2.51. The molecular weight excluding hydrogens is 144 g/mol. The largest absolute Gasteiger partial charge is 0.394 e. The first-order valence-corrected chi connectivity index (χ1v) is 3.37. The molecule has 5 nitrogen and oxygen atoms in total. The topological polar surface area (TPSA) is 79.1 Å². The second kappa shape index (κ2) is 2.69. The zero-order valence-corrected chi connectivity index (χ0v) is 6.61. The van der Waals surface area contributed by atoms with Crippen LogP contribution in [0.4, 0.5) is 11.5 Å². The fourth-order valence-electron chi connectivity index (χ4n) is 0.637. The summed E-state index contributed by atoms with van der Waals surface area (Å²) < 4.78 is 0. The van der Waals surface area contributed by atoms with Crippen molar-refractivity contribution in [2.75, 3.05) is 11.5 Å². The van der Waals surface area contributed by atoms with E-state index in [2.05, 4.69) is 5.10 Å². The molecule has 0 saturated heterocycles. The first-order valence-electron chi connectivity index (χ1n) is 3.37. The highest BCUT2D eigenvalue weighted by Gasteiger charge is 2.05. The van der Waals surface area contributed by atoms with Crippen molar-refractivity contribution < 1.29 is 4.84 Å².